The van der Waals surface area contributed by atoms with E-state index >= 15 is 0 Å². The second kappa shape index (κ2) is 9.44. The minimum Gasteiger partial charge on any atom is -0.493 e. The maximum Gasteiger partial charge on any atom is 0.433 e. The number of imidazole rings is 1. The number of fused-ring (bicyclic) bond motifs is 1. The van der Waals surface area contributed by atoms with E-state index in [9.17, 15) is 22.8 Å². The lowest BCUT2D eigenvalue weighted by molar-refractivity contribution is -0.141. The maximum atomic E-state index is 13.0. The van der Waals surface area contributed by atoms with Crippen molar-refractivity contribution in [2.45, 2.75) is 45.2 Å². The predicted molar refractivity (Wildman–Crippen MR) is 118 cm³/mol. The first-order chi connectivity index (χ1) is 16.2. The number of hydrogen-bond acceptors (Lipinski definition) is 5. The third-order valence-corrected chi connectivity index (χ3v) is 5.99. The molecule has 1 aliphatic heterocycles. The Balaban J connectivity index is 1.59. The van der Waals surface area contributed by atoms with Crippen LogP contribution in [0.4, 0.5) is 13.2 Å². The van der Waals surface area contributed by atoms with E-state index < -0.39 is 17.7 Å². The van der Waals surface area contributed by atoms with Crippen molar-refractivity contribution in [3.05, 3.63) is 59.3 Å². The number of aromatic nitrogens is 3. The first-order valence-corrected chi connectivity index (χ1v) is 11.1. The Morgan fingerprint density at radius 1 is 1.15 bits per heavy atom. The number of nitrogens with zero attached hydrogens (tertiary/aromatic N) is 4. The van der Waals surface area contributed by atoms with E-state index in [0.29, 0.717) is 36.7 Å². The monoisotopic (exact) mass is 474 g/mol. The lowest BCUT2D eigenvalue weighted by Gasteiger charge is -2.30. The highest BCUT2D eigenvalue weighted by molar-refractivity contribution is 5.96. The minimum absolute atomic E-state index is 0.0689. The molecule has 0 unspecified atom stereocenters. The molecule has 0 saturated carbocycles. The van der Waals surface area contributed by atoms with Crippen LogP contribution in [0, 0.1) is 0 Å². The fourth-order valence-electron chi connectivity index (χ4n) is 4.20. The Kier molecular flexibility index (Phi) is 6.58. The van der Waals surface area contributed by atoms with Gasteiger partial charge in [-0.2, -0.15) is 13.2 Å². The molecule has 4 rings (SSSR count). The van der Waals surface area contributed by atoms with E-state index in [4.69, 9.17) is 9.72 Å². The zero-order valence-electron chi connectivity index (χ0n) is 18.9. The smallest absolute Gasteiger partial charge is 0.433 e. The Morgan fingerprint density at radius 2 is 1.88 bits per heavy atom. The molecule has 0 atom stereocenters. The molecular formula is C24H25F3N4O3. The zero-order valence-corrected chi connectivity index (χ0v) is 18.9. The van der Waals surface area contributed by atoms with Crippen molar-refractivity contribution in [1.82, 2.24) is 19.3 Å². The highest BCUT2D eigenvalue weighted by atomic mass is 19.4. The van der Waals surface area contributed by atoms with Crippen LogP contribution in [0.25, 0.3) is 5.65 Å². The molecule has 1 fully saturated rings. The lowest BCUT2D eigenvalue weighted by atomic mass is 9.94. The van der Waals surface area contributed by atoms with Gasteiger partial charge in [-0.15, -0.1) is 0 Å². The number of piperidine rings is 1. The van der Waals surface area contributed by atoms with Gasteiger partial charge in [-0.05, 0) is 31.9 Å². The molecule has 4 heterocycles. The van der Waals surface area contributed by atoms with Crippen LogP contribution in [0.5, 0.6) is 5.75 Å². The number of rotatable bonds is 6. The van der Waals surface area contributed by atoms with Crippen LogP contribution in [0.15, 0.2) is 36.7 Å². The summed E-state index contributed by atoms with van der Waals surface area (Å²) >= 11 is 0. The average molecular weight is 474 g/mol. The van der Waals surface area contributed by atoms with Gasteiger partial charge in [0, 0.05) is 56.4 Å². The number of ether oxygens (including phenoxy) is 1. The fraction of sp³-hybridized carbons (Fsp3) is 0.417. The van der Waals surface area contributed by atoms with Crippen molar-refractivity contribution < 1.29 is 27.5 Å². The number of carbonyl (C=O) groups is 2. The number of alkyl halides is 3. The maximum absolute atomic E-state index is 13.0. The van der Waals surface area contributed by atoms with Crippen LogP contribution in [0.1, 0.15) is 60.0 Å². The van der Waals surface area contributed by atoms with Gasteiger partial charge < -0.3 is 14.0 Å². The number of Topliss-reactive ketones (excluding diaryl/α,β-unsaturated/α-hetero) is 1. The third-order valence-electron chi connectivity index (χ3n) is 5.99. The average Bonchev–Trinajstić information content (AvgIpc) is 3.22. The summed E-state index contributed by atoms with van der Waals surface area (Å²) in [6.07, 6.45) is 0.467. The van der Waals surface area contributed by atoms with E-state index in [2.05, 4.69) is 4.98 Å². The van der Waals surface area contributed by atoms with E-state index in [1.54, 1.807) is 23.6 Å². The number of hydrogen-bond donors (Lipinski definition) is 0. The van der Waals surface area contributed by atoms with Gasteiger partial charge in [0.2, 0.25) is 5.91 Å². The molecule has 0 spiro atoms. The Morgan fingerprint density at radius 3 is 2.53 bits per heavy atom. The number of ketones is 1. The quantitative estimate of drug-likeness (QED) is 0.498. The van der Waals surface area contributed by atoms with Gasteiger partial charge in [-0.1, -0.05) is 6.07 Å². The van der Waals surface area contributed by atoms with Crippen molar-refractivity contribution in [2.75, 3.05) is 19.7 Å². The second-order valence-electron chi connectivity index (χ2n) is 8.31. The summed E-state index contributed by atoms with van der Waals surface area (Å²) in [7, 11) is 0. The van der Waals surface area contributed by atoms with Crippen LogP contribution in [-0.4, -0.2) is 50.7 Å². The molecule has 0 N–H and O–H groups in total. The first-order valence-electron chi connectivity index (χ1n) is 11.1. The highest BCUT2D eigenvalue weighted by Crippen LogP contribution is 2.30. The van der Waals surface area contributed by atoms with Gasteiger partial charge in [0.1, 0.15) is 22.8 Å². The SMILES string of the molecule is CCOc1cc2nc(C3CCN(C(C)=O)CC3)cn2cc1CC(=O)c1cccc(C(F)(F)F)n1. The van der Waals surface area contributed by atoms with Crippen molar-refractivity contribution in [3.8, 4) is 5.75 Å². The van der Waals surface area contributed by atoms with Crippen LogP contribution in [-0.2, 0) is 17.4 Å². The van der Waals surface area contributed by atoms with Gasteiger partial charge in [0.25, 0.3) is 0 Å². The summed E-state index contributed by atoms with van der Waals surface area (Å²) in [5, 5.41) is 0. The summed E-state index contributed by atoms with van der Waals surface area (Å²) in [6.45, 7) is 5.10. The van der Waals surface area contributed by atoms with Crippen LogP contribution >= 0.6 is 0 Å². The van der Waals surface area contributed by atoms with Gasteiger partial charge in [-0.3, -0.25) is 9.59 Å². The molecule has 0 radical (unpaired) electrons. The largest absolute Gasteiger partial charge is 0.493 e. The summed E-state index contributed by atoms with van der Waals surface area (Å²) in [5.74, 6) is 0.201. The molecule has 7 nitrogen and oxygen atoms in total. The van der Waals surface area contributed by atoms with Crippen LogP contribution in [0.2, 0.25) is 0 Å². The summed E-state index contributed by atoms with van der Waals surface area (Å²) in [4.78, 5) is 34.4. The molecule has 0 bridgehead atoms. The Labute approximate surface area is 194 Å². The zero-order chi connectivity index (χ0) is 24.5. The van der Waals surface area contributed by atoms with E-state index in [1.165, 1.54) is 12.1 Å². The highest BCUT2D eigenvalue weighted by Gasteiger charge is 2.33. The summed E-state index contributed by atoms with van der Waals surface area (Å²) in [6, 6.07) is 5.02. The Hall–Kier alpha value is -3.43. The molecule has 180 valence electrons. The van der Waals surface area contributed by atoms with Gasteiger partial charge in [-0.25, -0.2) is 9.97 Å². The second-order valence-corrected chi connectivity index (χ2v) is 8.31. The molecule has 3 aromatic rings. The Bertz CT molecular complexity index is 1210. The number of carbonyl (C=O) groups excluding carboxylic acids is 2. The summed E-state index contributed by atoms with van der Waals surface area (Å²) in [5.41, 5.74) is 0.734. The molecule has 34 heavy (non-hydrogen) atoms. The number of pyridine rings is 2. The van der Waals surface area contributed by atoms with Crippen LogP contribution < -0.4 is 4.74 Å². The first kappa shape index (κ1) is 23.7. The molecule has 1 aliphatic rings. The van der Waals surface area contributed by atoms with Gasteiger partial charge in [0.05, 0.1) is 12.3 Å². The van der Waals surface area contributed by atoms with E-state index in [0.717, 1.165) is 24.6 Å². The molecule has 3 aromatic heterocycles. The standard InChI is InChI=1S/C24H25F3N4O3/c1-3-34-21-12-23-29-19(16-7-9-30(10-8-16)15(2)32)14-31(23)13-17(21)11-20(33)18-5-4-6-22(28-18)24(25,26)27/h4-6,12-14,16H,3,7-11H2,1-2H3. The molecule has 10 heteroatoms. The van der Waals surface area contributed by atoms with Crippen LogP contribution in [0.3, 0.4) is 0 Å². The normalized spacial score (nSPS) is 15.0. The number of likely N-dealkylation sites (tertiary alicyclic amines) is 1. The molecule has 0 aliphatic carbocycles. The molecular weight excluding hydrogens is 449 g/mol. The van der Waals surface area contributed by atoms with E-state index in [1.807, 2.05) is 18.0 Å². The number of halogens is 3. The minimum atomic E-state index is -4.63. The fourth-order valence-corrected chi connectivity index (χ4v) is 4.20. The van der Waals surface area contributed by atoms with Crippen molar-refractivity contribution in [3.63, 3.8) is 0 Å². The van der Waals surface area contributed by atoms with Crippen molar-refractivity contribution in [2.24, 2.45) is 0 Å². The predicted octanol–water partition coefficient (Wildman–Crippen LogP) is 4.30. The van der Waals surface area contributed by atoms with E-state index in [-0.39, 0.29) is 23.9 Å². The third kappa shape index (κ3) is 5.05. The molecule has 0 aromatic carbocycles. The van der Waals surface area contributed by atoms with Gasteiger partial charge >= 0.3 is 6.18 Å². The lowest BCUT2D eigenvalue weighted by Crippen LogP contribution is -2.36. The van der Waals surface area contributed by atoms with Crippen molar-refractivity contribution >= 4 is 17.3 Å². The summed E-state index contributed by atoms with van der Waals surface area (Å²) < 4.78 is 46.5. The van der Waals surface area contributed by atoms with Gasteiger partial charge in [0.15, 0.2) is 5.78 Å². The van der Waals surface area contributed by atoms with Crippen molar-refractivity contribution in [1.29, 1.82) is 0 Å². The number of amides is 1. The molecule has 1 saturated heterocycles. The topological polar surface area (TPSA) is 76.8 Å². The molecule has 1 amide bonds.